The number of hydrogen-bond donors (Lipinski definition) is 2. The zero-order chi connectivity index (χ0) is 18.1. The lowest BCUT2D eigenvalue weighted by atomic mass is 9.80. The van der Waals surface area contributed by atoms with Crippen molar-refractivity contribution in [1.82, 2.24) is 24.8 Å². The van der Waals surface area contributed by atoms with Gasteiger partial charge in [-0.25, -0.2) is 9.50 Å². The number of hydrogen-bond acceptors (Lipinski definition) is 5. The van der Waals surface area contributed by atoms with Crippen LogP contribution in [-0.2, 0) is 4.79 Å². The summed E-state index contributed by atoms with van der Waals surface area (Å²) in [4.78, 5) is 19.0. The van der Waals surface area contributed by atoms with Crippen molar-refractivity contribution in [2.24, 2.45) is 11.3 Å². The molecule has 0 bridgehead atoms. The molecule has 2 aliphatic rings. The van der Waals surface area contributed by atoms with E-state index in [1.54, 1.807) is 6.33 Å². The van der Waals surface area contributed by atoms with Gasteiger partial charge in [0.25, 0.3) is 0 Å². The van der Waals surface area contributed by atoms with Crippen molar-refractivity contribution < 1.29 is 4.79 Å². The largest absolute Gasteiger partial charge is 0.365 e. The summed E-state index contributed by atoms with van der Waals surface area (Å²) in [7, 11) is 4.13. The van der Waals surface area contributed by atoms with Crippen LogP contribution in [0.2, 0.25) is 0 Å². The van der Waals surface area contributed by atoms with E-state index >= 15 is 0 Å². The summed E-state index contributed by atoms with van der Waals surface area (Å²) in [6, 6.07) is 4.41. The Labute approximate surface area is 154 Å². The first-order chi connectivity index (χ1) is 12.6. The Balaban J connectivity index is 1.21. The molecule has 2 aromatic rings. The van der Waals surface area contributed by atoms with Crippen molar-refractivity contribution in [3.05, 3.63) is 24.7 Å². The quantitative estimate of drug-likeness (QED) is 0.754. The van der Waals surface area contributed by atoms with E-state index in [2.05, 4.69) is 39.7 Å². The van der Waals surface area contributed by atoms with Crippen LogP contribution in [0.1, 0.15) is 32.1 Å². The number of fused-ring (bicyclic) bond motifs is 1. The van der Waals surface area contributed by atoms with Crippen molar-refractivity contribution in [3.63, 3.8) is 0 Å². The van der Waals surface area contributed by atoms with E-state index in [9.17, 15) is 4.79 Å². The van der Waals surface area contributed by atoms with E-state index < -0.39 is 0 Å². The zero-order valence-corrected chi connectivity index (χ0v) is 15.6. The van der Waals surface area contributed by atoms with Crippen LogP contribution in [-0.4, -0.2) is 58.6 Å². The molecule has 0 saturated heterocycles. The molecule has 7 heteroatoms. The van der Waals surface area contributed by atoms with E-state index in [0.717, 1.165) is 56.5 Å². The van der Waals surface area contributed by atoms with Gasteiger partial charge in [-0.3, -0.25) is 4.79 Å². The minimum Gasteiger partial charge on any atom is -0.365 e. The predicted octanol–water partition coefficient (Wildman–Crippen LogP) is 1.77. The average molecular weight is 356 g/mol. The summed E-state index contributed by atoms with van der Waals surface area (Å²) < 4.78 is 1.83. The summed E-state index contributed by atoms with van der Waals surface area (Å²) in [5.41, 5.74) is 0.925. The molecular weight excluding hydrogens is 328 g/mol. The van der Waals surface area contributed by atoms with E-state index in [4.69, 9.17) is 0 Å². The summed E-state index contributed by atoms with van der Waals surface area (Å²) in [5.74, 6) is 1.71. The summed E-state index contributed by atoms with van der Waals surface area (Å²) in [6.45, 7) is 1.78. The number of nitrogens with one attached hydrogen (secondary N) is 2. The second-order valence-corrected chi connectivity index (χ2v) is 8.17. The Bertz CT molecular complexity index is 775. The van der Waals surface area contributed by atoms with Gasteiger partial charge in [-0.2, -0.15) is 5.10 Å². The van der Waals surface area contributed by atoms with Crippen LogP contribution in [0.15, 0.2) is 24.7 Å². The molecule has 26 heavy (non-hydrogen) atoms. The molecule has 2 aromatic heterocycles. The minimum atomic E-state index is -0.0762. The SMILES string of the molecule is CN(C)CCC1(C(=O)NCC2CC(Nc3ncnn4cccc34)C2)CC1. The highest BCUT2D eigenvalue weighted by atomic mass is 16.2. The maximum Gasteiger partial charge on any atom is 0.226 e. The third kappa shape index (κ3) is 3.53. The van der Waals surface area contributed by atoms with Crippen LogP contribution in [0, 0.1) is 11.3 Å². The van der Waals surface area contributed by atoms with Gasteiger partial charge in [-0.05, 0) is 70.8 Å². The summed E-state index contributed by atoms with van der Waals surface area (Å²) >= 11 is 0. The molecule has 1 amide bonds. The fourth-order valence-corrected chi connectivity index (χ4v) is 3.79. The topological polar surface area (TPSA) is 74.6 Å². The van der Waals surface area contributed by atoms with Gasteiger partial charge < -0.3 is 15.5 Å². The molecular formula is C19H28N6O. The van der Waals surface area contributed by atoms with Crippen LogP contribution in [0.4, 0.5) is 5.82 Å². The minimum absolute atomic E-state index is 0.0762. The highest BCUT2D eigenvalue weighted by Gasteiger charge is 2.49. The first kappa shape index (κ1) is 17.3. The molecule has 2 heterocycles. The van der Waals surface area contributed by atoms with Crippen molar-refractivity contribution in [3.8, 4) is 0 Å². The third-order valence-electron chi connectivity index (χ3n) is 5.83. The highest BCUT2D eigenvalue weighted by Crippen LogP contribution is 2.49. The Morgan fingerprint density at radius 1 is 1.38 bits per heavy atom. The van der Waals surface area contributed by atoms with Crippen LogP contribution >= 0.6 is 0 Å². The van der Waals surface area contributed by atoms with Crippen LogP contribution in [0.3, 0.4) is 0 Å². The summed E-state index contributed by atoms with van der Waals surface area (Å²) in [6.07, 6.45) is 8.70. The Kier molecular flexibility index (Phi) is 4.56. The van der Waals surface area contributed by atoms with E-state index in [1.807, 2.05) is 22.8 Å². The van der Waals surface area contributed by atoms with Crippen LogP contribution in [0.5, 0.6) is 0 Å². The fourth-order valence-electron chi connectivity index (χ4n) is 3.79. The molecule has 0 aliphatic heterocycles. The molecule has 2 aliphatic carbocycles. The first-order valence-corrected chi connectivity index (χ1v) is 9.54. The second kappa shape index (κ2) is 6.87. The van der Waals surface area contributed by atoms with Crippen molar-refractivity contribution in [2.45, 2.75) is 38.1 Å². The van der Waals surface area contributed by atoms with Crippen LogP contribution in [0.25, 0.3) is 5.52 Å². The maximum absolute atomic E-state index is 12.5. The number of amides is 1. The first-order valence-electron chi connectivity index (χ1n) is 9.54. The number of carbonyl (C=O) groups is 1. The number of carbonyl (C=O) groups excluding carboxylic acids is 1. The number of anilines is 1. The molecule has 4 rings (SSSR count). The fraction of sp³-hybridized carbons (Fsp3) is 0.632. The molecule has 2 fully saturated rings. The van der Waals surface area contributed by atoms with E-state index in [1.165, 1.54) is 0 Å². The predicted molar refractivity (Wildman–Crippen MR) is 101 cm³/mol. The molecule has 0 atom stereocenters. The van der Waals surface area contributed by atoms with Gasteiger partial charge in [0.15, 0.2) is 5.82 Å². The van der Waals surface area contributed by atoms with Gasteiger partial charge >= 0.3 is 0 Å². The lowest BCUT2D eigenvalue weighted by Gasteiger charge is -2.36. The maximum atomic E-state index is 12.5. The zero-order valence-electron chi connectivity index (χ0n) is 15.6. The van der Waals surface area contributed by atoms with Gasteiger partial charge in [0.05, 0.1) is 5.41 Å². The lowest BCUT2D eigenvalue weighted by molar-refractivity contribution is -0.127. The number of nitrogens with zero attached hydrogens (tertiary/aromatic N) is 4. The molecule has 0 unspecified atom stereocenters. The van der Waals surface area contributed by atoms with Crippen LogP contribution < -0.4 is 10.6 Å². The normalized spacial score (nSPS) is 23.7. The lowest BCUT2D eigenvalue weighted by Crippen LogP contribution is -2.44. The standard InChI is InChI=1S/C19H28N6O/c1-24(2)9-7-19(5-6-19)18(26)20-12-14-10-15(11-14)23-17-16-4-3-8-25(16)22-13-21-17/h3-4,8,13-15H,5-7,9-12H2,1-2H3,(H,20,26)(H,21,22,23). The van der Waals surface area contributed by atoms with Crippen molar-refractivity contribution in [1.29, 1.82) is 0 Å². The summed E-state index contributed by atoms with van der Waals surface area (Å²) in [5, 5.41) is 10.9. The monoisotopic (exact) mass is 356 g/mol. The Hall–Kier alpha value is -2.15. The molecule has 7 nitrogen and oxygen atoms in total. The molecule has 2 N–H and O–H groups in total. The van der Waals surface area contributed by atoms with E-state index in [0.29, 0.717) is 12.0 Å². The van der Waals surface area contributed by atoms with Gasteiger partial charge in [0.1, 0.15) is 11.8 Å². The molecule has 0 radical (unpaired) electrons. The van der Waals surface area contributed by atoms with Gasteiger partial charge in [0.2, 0.25) is 5.91 Å². The second-order valence-electron chi connectivity index (χ2n) is 8.17. The Morgan fingerprint density at radius 2 is 2.19 bits per heavy atom. The van der Waals surface area contributed by atoms with Crippen molar-refractivity contribution >= 4 is 17.2 Å². The average Bonchev–Trinajstić information content (AvgIpc) is 3.23. The van der Waals surface area contributed by atoms with E-state index in [-0.39, 0.29) is 11.3 Å². The highest BCUT2D eigenvalue weighted by molar-refractivity contribution is 5.85. The van der Waals surface area contributed by atoms with Gasteiger partial charge in [-0.15, -0.1) is 0 Å². The molecule has 0 spiro atoms. The van der Waals surface area contributed by atoms with Gasteiger partial charge in [-0.1, -0.05) is 0 Å². The Morgan fingerprint density at radius 3 is 2.92 bits per heavy atom. The molecule has 0 aromatic carbocycles. The van der Waals surface area contributed by atoms with Gasteiger partial charge in [0, 0.05) is 18.8 Å². The number of rotatable bonds is 8. The third-order valence-corrected chi connectivity index (χ3v) is 5.83. The number of aromatic nitrogens is 3. The smallest absolute Gasteiger partial charge is 0.226 e. The molecule has 2 saturated carbocycles. The van der Waals surface area contributed by atoms with Crippen molar-refractivity contribution in [2.75, 3.05) is 32.5 Å². The molecule has 140 valence electrons.